The molecule has 0 spiro atoms. The fraction of sp³-hybridized carbons (Fsp3) is 0.692. The molecule has 1 N–H and O–H groups in total. The Bertz CT molecular complexity index is 289. The average Bonchev–Trinajstić information content (AvgIpc) is 2.80. The van der Waals surface area contributed by atoms with Gasteiger partial charge in [-0.3, -0.25) is 0 Å². The Hall–Kier alpha value is -0.800. The molecule has 1 aliphatic heterocycles. The van der Waals surface area contributed by atoms with Gasteiger partial charge in [-0.25, -0.2) is 0 Å². The Labute approximate surface area is 97.2 Å². The van der Waals surface area contributed by atoms with Crippen molar-refractivity contribution in [2.24, 2.45) is 5.41 Å². The van der Waals surface area contributed by atoms with E-state index < -0.39 is 0 Å². The van der Waals surface area contributed by atoms with Gasteiger partial charge in [0.25, 0.3) is 0 Å². The third-order valence-corrected chi connectivity index (χ3v) is 3.43. The first-order valence-electron chi connectivity index (χ1n) is 6.15. The molecule has 90 valence electrons. The molecule has 1 saturated heterocycles. The van der Waals surface area contributed by atoms with Crippen molar-refractivity contribution in [2.75, 3.05) is 26.3 Å². The van der Waals surface area contributed by atoms with Crippen molar-refractivity contribution in [3.05, 3.63) is 24.2 Å². The van der Waals surface area contributed by atoms with Gasteiger partial charge < -0.3 is 14.5 Å². The Kier molecular flexibility index (Phi) is 4.02. The molecule has 3 heteroatoms. The molecule has 16 heavy (non-hydrogen) atoms. The molecule has 0 bridgehead atoms. The molecule has 3 nitrogen and oxygen atoms in total. The molecule has 1 aromatic rings. The molecule has 2 rings (SSSR count). The Morgan fingerprint density at radius 1 is 1.38 bits per heavy atom. The minimum absolute atomic E-state index is 0.326. The van der Waals surface area contributed by atoms with Gasteiger partial charge in [0.15, 0.2) is 0 Å². The molecule has 2 heterocycles. The van der Waals surface area contributed by atoms with Crippen molar-refractivity contribution >= 4 is 0 Å². The summed E-state index contributed by atoms with van der Waals surface area (Å²) in [6, 6.07) is 4.04. The molecule has 1 fully saturated rings. The molecule has 0 unspecified atom stereocenters. The van der Waals surface area contributed by atoms with Crippen molar-refractivity contribution in [2.45, 2.75) is 26.2 Å². The predicted octanol–water partition coefficient (Wildman–Crippen LogP) is 2.23. The molecule has 1 aromatic heterocycles. The van der Waals surface area contributed by atoms with Gasteiger partial charge in [0.1, 0.15) is 5.76 Å². The van der Waals surface area contributed by atoms with Gasteiger partial charge in [-0.2, -0.15) is 0 Å². The van der Waals surface area contributed by atoms with Gasteiger partial charge >= 0.3 is 0 Å². The van der Waals surface area contributed by atoms with Crippen LogP contribution in [0.5, 0.6) is 0 Å². The van der Waals surface area contributed by atoms with E-state index in [2.05, 4.69) is 18.3 Å². The van der Waals surface area contributed by atoms with Gasteiger partial charge in [-0.1, -0.05) is 6.92 Å². The number of ether oxygens (including phenoxy) is 1. The molecular formula is C13H21NO2. The maximum Gasteiger partial charge on any atom is 0.104 e. The van der Waals surface area contributed by atoms with E-state index in [0.717, 1.165) is 51.3 Å². The summed E-state index contributed by atoms with van der Waals surface area (Å²) in [6.07, 6.45) is 5.04. The normalized spacial score (nSPS) is 19.8. The smallest absolute Gasteiger partial charge is 0.104 e. The van der Waals surface area contributed by atoms with Crippen LogP contribution in [0, 0.1) is 5.41 Å². The minimum atomic E-state index is 0.326. The SMILES string of the molecule is CCNCC1(Cc2ccco2)CCOCC1. The molecule has 0 atom stereocenters. The molecule has 0 aromatic carbocycles. The first-order chi connectivity index (χ1) is 7.85. The lowest BCUT2D eigenvalue weighted by atomic mass is 9.76. The quantitative estimate of drug-likeness (QED) is 0.831. The highest BCUT2D eigenvalue weighted by molar-refractivity contribution is 5.03. The van der Waals surface area contributed by atoms with E-state index >= 15 is 0 Å². The van der Waals surface area contributed by atoms with Crippen molar-refractivity contribution in [1.82, 2.24) is 5.32 Å². The van der Waals surface area contributed by atoms with Crippen LogP contribution in [0.2, 0.25) is 0 Å². The van der Waals surface area contributed by atoms with Crippen LogP contribution in [-0.2, 0) is 11.2 Å². The Balaban J connectivity index is 2.01. The van der Waals surface area contributed by atoms with Crippen molar-refractivity contribution in [1.29, 1.82) is 0 Å². The molecular weight excluding hydrogens is 202 g/mol. The van der Waals surface area contributed by atoms with Gasteiger partial charge in [0, 0.05) is 26.2 Å². The van der Waals surface area contributed by atoms with Crippen molar-refractivity contribution in [3.63, 3.8) is 0 Å². The zero-order chi connectivity index (χ0) is 11.3. The summed E-state index contributed by atoms with van der Waals surface area (Å²) in [5, 5.41) is 3.47. The molecule has 1 aliphatic rings. The van der Waals surface area contributed by atoms with E-state index in [0.29, 0.717) is 5.41 Å². The summed E-state index contributed by atoms with van der Waals surface area (Å²) in [5.41, 5.74) is 0.326. The average molecular weight is 223 g/mol. The number of furan rings is 1. The van der Waals surface area contributed by atoms with Crippen LogP contribution in [0.25, 0.3) is 0 Å². The third kappa shape index (κ3) is 2.86. The van der Waals surface area contributed by atoms with E-state index in [4.69, 9.17) is 9.15 Å². The highest BCUT2D eigenvalue weighted by Crippen LogP contribution is 2.33. The van der Waals surface area contributed by atoms with Gasteiger partial charge in [0.2, 0.25) is 0 Å². The molecule has 0 saturated carbocycles. The maximum atomic E-state index is 5.47. The van der Waals surface area contributed by atoms with Gasteiger partial charge in [-0.05, 0) is 36.9 Å². The van der Waals surface area contributed by atoms with Crippen LogP contribution in [0.4, 0.5) is 0 Å². The molecule has 0 amide bonds. The summed E-state index contributed by atoms with van der Waals surface area (Å²) in [4.78, 5) is 0. The highest BCUT2D eigenvalue weighted by atomic mass is 16.5. The van der Waals surface area contributed by atoms with Gasteiger partial charge in [0.05, 0.1) is 6.26 Å². The van der Waals surface area contributed by atoms with Crippen LogP contribution in [0.1, 0.15) is 25.5 Å². The summed E-state index contributed by atoms with van der Waals surface area (Å²) < 4.78 is 10.9. The zero-order valence-electron chi connectivity index (χ0n) is 10.00. The summed E-state index contributed by atoms with van der Waals surface area (Å²) in [5.74, 6) is 1.10. The first-order valence-corrected chi connectivity index (χ1v) is 6.15. The van der Waals surface area contributed by atoms with Crippen LogP contribution in [-0.4, -0.2) is 26.3 Å². The number of rotatable bonds is 5. The van der Waals surface area contributed by atoms with E-state index in [1.807, 2.05) is 6.07 Å². The lowest BCUT2D eigenvalue weighted by Gasteiger charge is -2.36. The summed E-state index contributed by atoms with van der Waals surface area (Å²) in [7, 11) is 0. The van der Waals surface area contributed by atoms with Crippen molar-refractivity contribution < 1.29 is 9.15 Å². The number of hydrogen-bond acceptors (Lipinski definition) is 3. The second kappa shape index (κ2) is 5.51. The predicted molar refractivity (Wildman–Crippen MR) is 63.4 cm³/mol. The second-order valence-corrected chi connectivity index (χ2v) is 4.65. The number of nitrogens with one attached hydrogen (secondary N) is 1. The molecule has 0 radical (unpaired) electrons. The van der Waals surface area contributed by atoms with E-state index in [1.54, 1.807) is 6.26 Å². The fourth-order valence-electron chi connectivity index (χ4n) is 2.39. The van der Waals surface area contributed by atoms with E-state index in [-0.39, 0.29) is 0 Å². The van der Waals surface area contributed by atoms with Gasteiger partial charge in [-0.15, -0.1) is 0 Å². The van der Waals surface area contributed by atoms with Crippen LogP contribution >= 0.6 is 0 Å². The number of hydrogen-bond donors (Lipinski definition) is 1. The standard InChI is InChI=1S/C13H21NO2/c1-2-14-11-13(5-8-15-9-6-13)10-12-4-3-7-16-12/h3-4,7,14H,2,5-6,8-11H2,1H3. The van der Waals surface area contributed by atoms with Crippen LogP contribution < -0.4 is 5.32 Å². The lowest BCUT2D eigenvalue weighted by molar-refractivity contribution is 0.0129. The third-order valence-electron chi connectivity index (χ3n) is 3.43. The second-order valence-electron chi connectivity index (χ2n) is 4.65. The summed E-state index contributed by atoms with van der Waals surface area (Å²) in [6.45, 7) is 6.01. The molecule has 0 aliphatic carbocycles. The largest absolute Gasteiger partial charge is 0.469 e. The van der Waals surface area contributed by atoms with Crippen molar-refractivity contribution in [3.8, 4) is 0 Å². The monoisotopic (exact) mass is 223 g/mol. The zero-order valence-corrected chi connectivity index (χ0v) is 10.00. The van der Waals surface area contributed by atoms with Crippen LogP contribution in [0.15, 0.2) is 22.8 Å². The Morgan fingerprint density at radius 3 is 2.81 bits per heavy atom. The first kappa shape index (κ1) is 11.7. The van der Waals surface area contributed by atoms with Crippen LogP contribution in [0.3, 0.4) is 0 Å². The maximum absolute atomic E-state index is 5.47. The Morgan fingerprint density at radius 2 is 2.19 bits per heavy atom. The fourth-order valence-corrected chi connectivity index (χ4v) is 2.39. The van der Waals surface area contributed by atoms with E-state index in [9.17, 15) is 0 Å². The highest BCUT2D eigenvalue weighted by Gasteiger charge is 2.33. The minimum Gasteiger partial charge on any atom is -0.469 e. The van der Waals surface area contributed by atoms with E-state index in [1.165, 1.54) is 0 Å². The topological polar surface area (TPSA) is 34.4 Å². The summed E-state index contributed by atoms with van der Waals surface area (Å²) >= 11 is 0. The lowest BCUT2D eigenvalue weighted by Crippen LogP contribution is -2.40.